The number of fused-ring (bicyclic) bond motifs is 1. The fourth-order valence-electron chi connectivity index (χ4n) is 4.49. The van der Waals surface area contributed by atoms with Crippen LogP contribution in [0, 0.1) is 6.92 Å². The van der Waals surface area contributed by atoms with Crippen LogP contribution in [-0.2, 0) is 28.9 Å². The van der Waals surface area contributed by atoms with Gasteiger partial charge in [0.05, 0.1) is 29.4 Å². The lowest BCUT2D eigenvalue weighted by Gasteiger charge is -2.32. The van der Waals surface area contributed by atoms with E-state index in [9.17, 15) is 4.79 Å². The van der Waals surface area contributed by atoms with Crippen molar-refractivity contribution in [1.29, 1.82) is 0 Å². The van der Waals surface area contributed by atoms with Crippen molar-refractivity contribution in [3.63, 3.8) is 0 Å². The third-order valence-corrected chi connectivity index (χ3v) is 6.09. The van der Waals surface area contributed by atoms with E-state index in [-0.39, 0.29) is 18.5 Å². The standard InChI is InChI=1S/C27H37N3O2/c1-6-8-9-17-25-28-23-15-10-11-16-24(23)29(25)18-26(31)30(21(4)19-32-5)27-20(3)13-12-14-22(27)7-2/h10-16,21H,6-9,17-19H2,1-5H3. The Morgan fingerprint density at radius 1 is 1.12 bits per heavy atom. The zero-order chi connectivity index (χ0) is 23.1. The summed E-state index contributed by atoms with van der Waals surface area (Å²) in [7, 11) is 1.69. The van der Waals surface area contributed by atoms with Gasteiger partial charge in [-0.2, -0.15) is 0 Å². The van der Waals surface area contributed by atoms with Gasteiger partial charge in [0, 0.05) is 13.5 Å². The van der Waals surface area contributed by atoms with Crippen molar-refractivity contribution in [2.24, 2.45) is 0 Å². The normalized spacial score (nSPS) is 12.3. The van der Waals surface area contributed by atoms with Gasteiger partial charge in [0.25, 0.3) is 0 Å². The summed E-state index contributed by atoms with van der Waals surface area (Å²) in [6, 6.07) is 14.3. The lowest BCUT2D eigenvalue weighted by Crippen LogP contribution is -2.44. The van der Waals surface area contributed by atoms with Crippen LogP contribution in [0.2, 0.25) is 0 Å². The van der Waals surface area contributed by atoms with Gasteiger partial charge < -0.3 is 14.2 Å². The molecular weight excluding hydrogens is 398 g/mol. The third kappa shape index (κ3) is 5.21. The Labute approximate surface area is 192 Å². The number of carbonyl (C=O) groups is 1. The Bertz CT molecular complexity index is 1040. The number of benzene rings is 2. The molecule has 3 aromatic rings. The number of aryl methyl sites for hydroxylation is 3. The summed E-state index contributed by atoms with van der Waals surface area (Å²) in [5.41, 5.74) is 5.28. The largest absolute Gasteiger partial charge is 0.383 e. The molecule has 0 radical (unpaired) electrons. The molecule has 0 aliphatic heterocycles. The summed E-state index contributed by atoms with van der Waals surface area (Å²) >= 11 is 0. The predicted octanol–water partition coefficient (Wildman–Crippen LogP) is 5.71. The lowest BCUT2D eigenvalue weighted by molar-refractivity contribution is -0.119. The Morgan fingerprint density at radius 3 is 2.62 bits per heavy atom. The van der Waals surface area contributed by atoms with Crippen molar-refractivity contribution >= 4 is 22.6 Å². The molecule has 0 aliphatic carbocycles. The molecule has 5 nitrogen and oxygen atoms in total. The molecule has 0 N–H and O–H groups in total. The molecule has 5 heteroatoms. The van der Waals surface area contributed by atoms with Crippen molar-refractivity contribution in [2.75, 3.05) is 18.6 Å². The monoisotopic (exact) mass is 435 g/mol. The van der Waals surface area contributed by atoms with Gasteiger partial charge in [-0.25, -0.2) is 4.98 Å². The molecule has 0 aliphatic rings. The summed E-state index contributed by atoms with van der Waals surface area (Å²) in [5, 5.41) is 0. The van der Waals surface area contributed by atoms with Crippen molar-refractivity contribution in [3.05, 3.63) is 59.4 Å². The van der Waals surface area contributed by atoms with Gasteiger partial charge in [0.1, 0.15) is 12.4 Å². The summed E-state index contributed by atoms with van der Waals surface area (Å²) in [6.45, 7) is 9.23. The average molecular weight is 436 g/mol. The van der Waals surface area contributed by atoms with Crippen LogP contribution < -0.4 is 4.90 Å². The van der Waals surface area contributed by atoms with Crippen molar-refractivity contribution in [2.45, 2.75) is 72.4 Å². The molecule has 0 saturated heterocycles. The highest BCUT2D eigenvalue weighted by atomic mass is 16.5. The summed E-state index contributed by atoms with van der Waals surface area (Å²) in [6.07, 6.45) is 5.16. The molecule has 0 saturated carbocycles. The number of amides is 1. The number of methoxy groups -OCH3 is 1. The molecule has 1 amide bonds. The number of unbranched alkanes of at least 4 members (excludes halogenated alkanes) is 2. The van der Waals surface area contributed by atoms with Gasteiger partial charge >= 0.3 is 0 Å². The number of rotatable bonds is 11. The van der Waals surface area contributed by atoms with Gasteiger partial charge in [-0.1, -0.05) is 57.0 Å². The van der Waals surface area contributed by atoms with E-state index < -0.39 is 0 Å². The first-order valence-corrected chi connectivity index (χ1v) is 11.8. The van der Waals surface area contributed by atoms with Crippen LogP contribution in [0.1, 0.15) is 57.0 Å². The minimum atomic E-state index is -0.0720. The molecule has 0 spiro atoms. The minimum Gasteiger partial charge on any atom is -0.383 e. The highest BCUT2D eigenvalue weighted by molar-refractivity contribution is 5.96. The molecule has 32 heavy (non-hydrogen) atoms. The second kappa shape index (κ2) is 11.3. The van der Waals surface area contributed by atoms with Gasteiger partial charge in [0.2, 0.25) is 5.91 Å². The first-order chi connectivity index (χ1) is 15.5. The van der Waals surface area contributed by atoms with Crippen molar-refractivity contribution in [3.8, 4) is 0 Å². The zero-order valence-electron chi connectivity index (χ0n) is 20.2. The van der Waals surface area contributed by atoms with E-state index in [0.29, 0.717) is 6.61 Å². The van der Waals surface area contributed by atoms with Crippen LogP contribution in [-0.4, -0.2) is 35.2 Å². The second-order valence-electron chi connectivity index (χ2n) is 8.56. The van der Waals surface area contributed by atoms with Crippen molar-refractivity contribution < 1.29 is 9.53 Å². The Hall–Kier alpha value is -2.66. The van der Waals surface area contributed by atoms with Crippen molar-refractivity contribution in [1.82, 2.24) is 9.55 Å². The molecule has 172 valence electrons. The van der Waals surface area contributed by atoms with Crippen LogP contribution >= 0.6 is 0 Å². The smallest absolute Gasteiger partial charge is 0.247 e. The second-order valence-corrected chi connectivity index (χ2v) is 8.56. The Balaban J connectivity index is 2.02. The molecule has 0 bridgehead atoms. The maximum Gasteiger partial charge on any atom is 0.247 e. The SMILES string of the molecule is CCCCCc1nc2ccccc2n1CC(=O)N(c1c(C)cccc1CC)C(C)COC. The average Bonchev–Trinajstić information content (AvgIpc) is 3.12. The van der Waals surface area contributed by atoms with E-state index in [2.05, 4.69) is 56.5 Å². The number of ether oxygens (including phenoxy) is 1. The molecule has 0 fully saturated rings. The van der Waals surface area contributed by atoms with E-state index >= 15 is 0 Å². The van der Waals surface area contributed by atoms with E-state index in [1.54, 1.807) is 7.11 Å². The van der Waals surface area contributed by atoms with Crippen LogP contribution in [0.15, 0.2) is 42.5 Å². The molecular formula is C27H37N3O2. The number of anilines is 1. The fourth-order valence-corrected chi connectivity index (χ4v) is 4.49. The van der Waals surface area contributed by atoms with Gasteiger partial charge in [0.15, 0.2) is 0 Å². The number of nitrogens with zero attached hydrogens (tertiary/aromatic N) is 3. The molecule has 1 atom stereocenters. The topological polar surface area (TPSA) is 47.4 Å². The van der Waals surface area contributed by atoms with E-state index in [4.69, 9.17) is 9.72 Å². The highest BCUT2D eigenvalue weighted by Gasteiger charge is 2.27. The maximum atomic E-state index is 13.9. The number of carbonyl (C=O) groups excluding carboxylic acids is 1. The van der Waals surface area contributed by atoms with Crippen LogP contribution in [0.25, 0.3) is 11.0 Å². The Morgan fingerprint density at radius 2 is 1.91 bits per heavy atom. The molecule has 3 rings (SSSR count). The third-order valence-electron chi connectivity index (χ3n) is 6.09. The first kappa shape index (κ1) is 24.0. The summed E-state index contributed by atoms with van der Waals surface area (Å²) in [4.78, 5) is 20.7. The maximum absolute atomic E-state index is 13.9. The number of aromatic nitrogens is 2. The van der Waals surface area contributed by atoms with Crippen LogP contribution in [0.5, 0.6) is 0 Å². The number of hydrogen-bond acceptors (Lipinski definition) is 3. The zero-order valence-corrected chi connectivity index (χ0v) is 20.2. The highest BCUT2D eigenvalue weighted by Crippen LogP contribution is 2.29. The van der Waals surface area contributed by atoms with Crippen LogP contribution in [0.4, 0.5) is 5.69 Å². The number of para-hydroxylation sites is 3. The first-order valence-electron chi connectivity index (χ1n) is 11.8. The fraction of sp³-hybridized carbons (Fsp3) is 0.481. The summed E-state index contributed by atoms with van der Waals surface area (Å²) < 4.78 is 7.57. The molecule has 1 heterocycles. The van der Waals surface area contributed by atoms with Gasteiger partial charge in [-0.15, -0.1) is 0 Å². The van der Waals surface area contributed by atoms with Gasteiger partial charge in [-0.3, -0.25) is 4.79 Å². The lowest BCUT2D eigenvalue weighted by atomic mass is 10.0. The molecule has 2 aromatic carbocycles. The number of imidazole rings is 1. The molecule has 1 aromatic heterocycles. The van der Waals surface area contributed by atoms with E-state index in [1.807, 2.05) is 23.1 Å². The van der Waals surface area contributed by atoms with E-state index in [1.165, 1.54) is 5.56 Å². The van der Waals surface area contributed by atoms with Crippen LogP contribution in [0.3, 0.4) is 0 Å². The van der Waals surface area contributed by atoms with Gasteiger partial charge in [-0.05, 0) is 49.9 Å². The van der Waals surface area contributed by atoms with E-state index in [0.717, 1.165) is 60.2 Å². The number of hydrogen-bond donors (Lipinski definition) is 0. The Kier molecular flexibility index (Phi) is 8.46. The predicted molar refractivity (Wildman–Crippen MR) is 132 cm³/mol. The summed E-state index contributed by atoms with van der Waals surface area (Å²) in [5.74, 6) is 1.06. The minimum absolute atomic E-state index is 0.0680. The molecule has 1 unspecified atom stereocenters. The quantitative estimate of drug-likeness (QED) is 0.363.